The Kier molecular flexibility index (Phi) is 12.0. The van der Waals surface area contributed by atoms with Gasteiger partial charge < -0.3 is 30.1 Å². The number of nitrogens with one attached hydrogen (secondary N) is 1. The van der Waals surface area contributed by atoms with Gasteiger partial charge in [-0.25, -0.2) is 4.79 Å². The van der Waals surface area contributed by atoms with Gasteiger partial charge >= 0.3 is 24.2 Å². The van der Waals surface area contributed by atoms with Crippen molar-refractivity contribution in [2.75, 3.05) is 26.3 Å². The third-order valence-electron chi connectivity index (χ3n) is 10.9. The summed E-state index contributed by atoms with van der Waals surface area (Å²) >= 11 is 0. The number of aliphatic hydroxyl groups excluding tert-OH is 1. The molecule has 0 radical (unpaired) electrons. The van der Waals surface area contributed by atoms with Crippen molar-refractivity contribution in [2.24, 2.45) is 11.3 Å². The molecule has 0 bridgehead atoms. The number of aromatic carboxylic acids is 1. The molecule has 3 heterocycles. The van der Waals surface area contributed by atoms with E-state index in [1.165, 1.54) is 24.3 Å². The van der Waals surface area contributed by atoms with Gasteiger partial charge in [0.1, 0.15) is 0 Å². The van der Waals surface area contributed by atoms with E-state index in [-0.39, 0.29) is 42.5 Å². The molecule has 1 unspecified atom stereocenters. The van der Waals surface area contributed by atoms with Gasteiger partial charge in [0, 0.05) is 51.5 Å². The van der Waals surface area contributed by atoms with Gasteiger partial charge in [-0.05, 0) is 90.8 Å². The lowest BCUT2D eigenvalue weighted by molar-refractivity contribution is -0.206. The molecular weight excluding hydrogens is 696 g/mol. The number of hydrogen-bond donors (Lipinski definition) is 3. The first kappa shape index (κ1) is 39.5. The Bertz CT molecular complexity index is 1630. The highest BCUT2D eigenvalue weighted by atomic mass is 19.4. The summed E-state index contributed by atoms with van der Waals surface area (Å²) in [6.07, 6.45) is -6.67. The minimum atomic E-state index is -4.90. The number of nitrogens with zero attached hydrogens (tertiary/aromatic N) is 2. The van der Waals surface area contributed by atoms with Crippen molar-refractivity contribution in [3.05, 3.63) is 69.8 Å². The molecule has 2 fully saturated rings. The van der Waals surface area contributed by atoms with Crippen molar-refractivity contribution in [1.29, 1.82) is 0 Å². The van der Waals surface area contributed by atoms with Crippen LogP contribution in [0.15, 0.2) is 36.4 Å². The predicted molar refractivity (Wildman–Crippen MR) is 177 cm³/mol. The molecule has 0 spiro atoms. The molecule has 1 saturated heterocycles. The second-order valence-electron chi connectivity index (χ2n) is 14.5. The highest BCUT2D eigenvalue weighted by Gasteiger charge is 2.50. The van der Waals surface area contributed by atoms with E-state index in [1.54, 1.807) is 12.1 Å². The van der Waals surface area contributed by atoms with E-state index in [4.69, 9.17) is 9.84 Å². The Labute approximate surface area is 298 Å². The fourth-order valence-corrected chi connectivity index (χ4v) is 7.85. The standard InChI is InChI=1S/C25H35F3N2O3.C12H10F3NO3/c1-16(2)24(9-5-21(14-24)29-20-7-11-33-12-8-20)23(32)30-10-6-17-3-4-18(13-19(17)15-30)22(31)25(26,27)28;13-12(14,15)11(19)16-4-3-7-1-2-8(10(17)18)5-9(7)6-16/h3-4,13,16,20-22,29,31H,5-12,14-15H2,1-2H3;1-2,5H,3-4,6H2,(H,17,18)/t21-,22?,24+;/m1./s1. The molecule has 3 aliphatic heterocycles. The van der Waals surface area contributed by atoms with E-state index >= 15 is 0 Å². The number of halogens is 6. The SMILES string of the molecule is CC(C)[C@]1(C(=O)N2CCc3ccc(C(O)C(F)(F)F)cc3C2)CC[C@@H](NC2CCOCC2)C1.O=C(O)c1ccc2c(c1)CN(C(=O)C(F)(F)F)CC2. The molecule has 2 aromatic carbocycles. The number of hydrogen-bond acceptors (Lipinski definition) is 6. The van der Waals surface area contributed by atoms with Crippen molar-refractivity contribution >= 4 is 17.8 Å². The second-order valence-corrected chi connectivity index (χ2v) is 14.5. The van der Waals surface area contributed by atoms with Crippen molar-refractivity contribution in [3.63, 3.8) is 0 Å². The lowest BCUT2D eigenvalue weighted by Gasteiger charge is -2.40. The van der Waals surface area contributed by atoms with E-state index in [0.717, 1.165) is 56.4 Å². The first-order valence-corrected chi connectivity index (χ1v) is 17.6. The van der Waals surface area contributed by atoms with E-state index < -0.39 is 35.7 Å². The summed E-state index contributed by atoms with van der Waals surface area (Å²) in [5.74, 6) is -2.76. The summed E-state index contributed by atoms with van der Waals surface area (Å²) in [6, 6.07) is 9.44. The molecule has 4 aliphatic rings. The molecule has 52 heavy (non-hydrogen) atoms. The molecule has 286 valence electrons. The van der Waals surface area contributed by atoms with Gasteiger partial charge in [0.25, 0.3) is 0 Å². The van der Waals surface area contributed by atoms with Gasteiger partial charge in [0.2, 0.25) is 5.91 Å². The summed E-state index contributed by atoms with van der Waals surface area (Å²) in [5, 5.41) is 22.2. The van der Waals surface area contributed by atoms with Crippen molar-refractivity contribution in [3.8, 4) is 0 Å². The zero-order chi connectivity index (χ0) is 38.0. The monoisotopic (exact) mass is 741 g/mol. The number of amides is 2. The number of rotatable bonds is 6. The van der Waals surface area contributed by atoms with Crippen LogP contribution in [0.5, 0.6) is 0 Å². The summed E-state index contributed by atoms with van der Waals surface area (Å²) < 4.78 is 81.4. The molecule has 1 aliphatic carbocycles. The Balaban J connectivity index is 0.000000233. The van der Waals surface area contributed by atoms with Gasteiger partial charge in [-0.2, -0.15) is 26.3 Å². The number of benzene rings is 2. The third kappa shape index (κ3) is 8.91. The van der Waals surface area contributed by atoms with Crippen LogP contribution >= 0.6 is 0 Å². The average molecular weight is 742 g/mol. The van der Waals surface area contributed by atoms with Crippen LogP contribution in [-0.4, -0.2) is 88.5 Å². The van der Waals surface area contributed by atoms with E-state index in [0.29, 0.717) is 47.6 Å². The molecular formula is C37H45F6N3O6. The summed E-state index contributed by atoms with van der Waals surface area (Å²) in [6.45, 7) is 6.38. The van der Waals surface area contributed by atoms with Crippen LogP contribution in [0.4, 0.5) is 26.3 Å². The van der Waals surface area contributed by atoms with Gasteiger partial charge in [0.15, 0.2) is 6.10 Å². The van der Waals surface area contributed by atoms with Crippen LogP contribution in [-0.2, 0) is 40.3 Å². The largest absolute Gasteiger partial charge is 0.478 e. The number of carbonyl (C=O) groups excluding carboxylic acids is 2. The minimum absolute atomic E-state index is 0.0000534. The highest BCUT2D eigenvalue weighted by Crippen LogP contribution is 2.47. The van der Waals surface area contributed by atoms with Gasteiger partial charge in [0.05, 0.1) is 11.0 Å². The fourth-order valence-electron chi connectivity index (χ4n) is 7.85. The summed E-state index contributed by atoms with van der Waals surface area (Å²) in [7, 11) is 0. The highest BCUT2D eigenvalue weighted by molar-refractivity contribution is 5.88. The van der Waals surface area contributed by atoms with Gasteiger partial charge in [-0.15, -0.1) is 0 Å². The molecule has 0 aromatic heterocycles. The third-order valence-corrected chi connectivity index (χ3v) is 10.9. The summed E-state index contributed by atoms with van der Waals surface area (Å²) in [4.78, 5) is 38.3. The second kappa shape index (κ2) is 15.7. The first-order valence-electron chi connectivity index (χ1n) is 17.6. The van der Waals surface area contributed by atoms with E-state index in [1.807, 2.05) is 4.90 Å². The van der Waals surface area contributed by atoms with Gasteiger partial charge in [-0.1, -0.05) is 38.1 Å². The lowest BCUT2D eigenvalue weighted by Crippen LogP contribution is -2.49. The molecule has 3 N–H and O–H groups in total. The maximum absolute atomic E-state index is 13.8. The number of carbonyl (C=O) groups is 3. The number of carboxylic acid groups (broad SMARTS) is 1. The van der Waals surface area contributed by atoms with Crippen LogP contribution in [0.3, 0.4) is 0 Å². The predicted octanol–water partition coefficient (Wildman–Crippen LogP) is 5.96. The average Bonchev–Trinajstić information content (AvgIpc) is 3.54. The Morgan fingerprint density at radius 1 is 0.846 bits per heavy atom. The summed E-state index contributed by atoms with van der Waals surface area (Å²) in [5.41, 5.74) is 2.24. The van der Waals surface area contributed by atoms with Crippen LogP contribution in [0.1, 0.15) is 90.2 Å². The zero-order valence-corrected chi connectivity index (χ0v) is 29.2. The Morgan fingerprint density at radius 3 is 2.04 bits per heavy atom. The van der Waals surface area contributed by atoms with E-state index in [2.05, 4.69) is 19.2 Å². The smallest absolute Gasteiger partial charge is 0.471 e. The normalized spacial score (nSPS) is 23.0. The number of aliphatic hydroxyl groups is 1. The number of alkyl halides is 6. The first-order chi connectivity index (χ1) is 24.4. The van der Waals surface area contributed by atoms with Crippen molar-refractivity contribution < 1.29 is 55.7 Å². The fraction of sp³-hybridized carbons (Fsp3) is 0.595. The number of fused-ring (bicyclic) bond motifs is 2. The maximum Gasteiger partial charge on any atom is 0.471 e. The molecule has 2 aromatic rings. The molecule has 2 amide bonds. The van der Waals surface area contributed by atoms with Crippen LogP contribution < -0.4 is 5.32 Å². The van der Waals surface area contributed by atoms with Gasteiger partial charge in [-0.3, -0.25) is 9.59 Å². The molecule has 9 nitrogen and oxygen atoms in total. The molecule has 15 heteroatoms. The zero-order valence-electron chi connectivity index (χ0n) is 29.2. The quantitative estimate of drug-likeness (QED) is 0.313. The lowest BCUT2D eigenvalue weighted by atomic mass is 9.73. The number of ether oxygens (including phenoxy) is 1. The maximum atomic E-state index is 13.8. The van der Waals surface area contributed by atoms with Crippen LogP contribution in [0, 0.1) is 11.3 Å². The Morgan fingerprint density at radius 2 is 1.44 bits per heavy atom. The number of carboxylic acids is 1. The molecule has 6 rings (SSSR count). The van der Waals surface area contributed by atoms with E-state index in [9.17, 15) is 45.8 Å². The Hall–Kier alpha value is -3.69. The van der Waals surface area contributed by atoms with Crippen LogP contribution in [0.2, 0.25) is 0 Å². The minimum Gasteiger partial charge on any atom is -0.478 e. The molecule has 1 saturated carbocycles. The topological polar surface area (TPSA) is 119 Å². The van der Waals surface area contributed by atoms with Crippen LogP contribution in [0.25, 0.3) is 0 Å². The molecule has 3 atom stereocenters. The van der Waals surface area contributed by atoms with Crippen molar-refractivity contribution in [2.45, 2.75) is 102 Å². The van der Waals surface area contributed by atoms with Crippen molar-refractivity contribution in [1.82, 2.24) is 15.1 Å².